The second kappa shape index (κ2) is 14.0. The number of hydrogen-bond donors (Lipinski definition) is 2. The first-order valence-electron chi connectivity index (χ1n) is 9.99. The predicted octanol–water partition coefficient (Wildman–Crippen LogP) is 3.08. The maximum Gasteiger partial charge on any atom is 0.191 e. The van der Waals surface area contributed by atoms with Crippen LogP contribution in [-0.2, 0) is 4.74 Å². The highest BCUT2D eigenvalue weighted by molar-refractivity contribution is 14.0. The minimum absolute atomic E-state index is 0. The molecule has 0 aliphatic carbocycles. The van der Waals surface area contributed by atoms with Gasteiger partial charge in [-0.2, -0.15) is 0 Å². The van der Waals surface area contributed by atoms with Crippen molar-refractivity contribution in [3.05, 3.63) is 29.8 Å². The first kappa shape index (κ1) is 25.0. The Balaban J connectivity index is 0.00000392. The summed E-state index contributed by atoms with van der Waals surface area (Å²) in [4.78, 5) is 6.87. The number of guanidine groups is 1. The van der Waals surface area contributed by atoms with Gasteiger partial charge in [0.05, 0.1) is 13.7 Å². The zero-order chi connectivity index (χ0) is 19.5. The van der Waals surface area contributed by atoms with Crippen LogP contribution in [0.4, 0.5) is 0 Å². The van der Waals surface area contributed by atoms with E-state index in [4.69, 9.17) is 9.47 Å². The van der Waals surface area contributed by atoms with Gasteiger partial charge >= 0.3 is 0 Å². The lowest BCUT2D eigenvalue weighted by atomic mass is 9.98. The summed E-state index contributed by atoms with van der Waals surface area (Å²) in [5.41, 5.74) is 1.33. The number of methoxy groups -OCH3 is 2. The predicted molar refractivity (Wildman–Crippen MR) is 127 cm³/mol. The molecule has 7 heteroatoms. The van der Waals surface area contributed by atoms with E-state index in [2.05, 4.69) is 39.6 Å². The minimum Gasteiger partial charge on any atom is -0.497 e. The third kappa shape index (κ3) is 8.13. The first-order valence-corrected chi connectivity index (χ1v) is 9.99. The van der Waals surface area contributed by atoms with Crippen LogP contribution in [0.15, 0.2) is 29.3 Å². The van der Waals surface area contributed by atoms with E-state index in [-0.39, 0.29) is 24.0 Å². The van der Waals surface area contributed by atoms with Crippen LogP contribution in [0, 0.1) is 0 Å². The number of aliphatic imine (C=N–C) groups is 1. The smallest absolute Gasteiger partial charge is 0.191 e. The fourth-order valence-corrected chi connectivity index (χ4v) is 3.57. The van der Waals surface area contributed by atoms with Gasteiger partial charge in [-0.25, -0.2) is 0 Å². The average Bonchev–Trinajstić information content (AvgIpc) is 3.16. The summed E-state index contributed by atoms with van der Waals surface area (Å²) in [6.45, 7) is 7.05. The summed E-state index contributed by atoms with van der Waals surface area (Å²) in [5, 5.41) is 6.93. The molecule has 2 N–H and O–H groups in total. The van der Waals surface area contributed by atoms with Crippen molar-refractivity contribution >= 4 is 29.9 Å². The molecule has 0 radical (unpaired) electrons. The molecule has 1 aromatic carbocycles. The molecule has 1 saturated heterocycles. The summed E-state index contributed by atoms with van der Waals surface area (Å²) in [5.74, 6) is 2.27. The Hall–Kier alpha value is -1.06. The lowest BCUT2D eigenvalue weighted by Crippen LogP contribution is -2.45. The number of halogens is 1. The maximum atomic E-state index is 5.23. The fourth-order valence-electron chi connectivity index (χ4n) is 3.57. The van der Waals surface area contributed by atoms with Crippen LogP contribution in [0.5, 0.6) is 5.75 Å². The van der Waals surface area contributed by atoms with E-state index in [0.717, 1.165) is 44.4 Å². The molecule has 0 aromatic heterocycles. The van der Waals surface area contributed by atoms with Gasteiger partial charge in [-0.15, -0.1) is 24.0 Å². The summed E-state index contributed by atoms with van der Waals surface area (Å²) in [7, 11) is 5.30. The fraction of sp³-hybridized carbons (Fsp3) is 0.667. The van der Waals surface area contributed by atoms with E-state index in [1.807, 2.05) is 19.2 Å². The van der Waals surface area contributed by atoms with Crippen LogP contribution in [0.2, 0.25) is 0 Å². The lowest BCUT2D eigenvalue weighted by molar-refractivity contribution is 0.141. The quantitative estimate of drug-likeness (QED) is 0.292. The van der Waals surface area contributed by atoms with E-state index >= 15 is 0 Å². The van der Waals surface area contributed by atoms with Gasteiger partial charge in [0.15, 0.2) is 5.96 Å². The van der Waals surface area contributed by atoms with Gasteiger partial charge in [0.1, 0.15) is 5.75 Å². The van der Waals surface area contributed by atoms with Crippen molar-refractivity contribution in [2.45, 2.75) is 38.1 Å². The number of ether oxygens (including phenoxy) is 2. The molecule has 1 aliphatic rings. The molecule has 1 aliphatic heterocycles. The molecule has 1 heterocycles. The molecule has 1 aromatic rings. The molecule has 2 atom stereocenters. The topological polar surface area (TPSA) is 58.1 Å². The Morgan fingerprint density at radius 3 is 2.64 bits per heavy atom. The molecular formula is C21H37IN4O2. The van der Waals surface area contributed by atoms with Gasteiger partial charge in [-0.1, -0.05) is 19.1 Å². The number of nitrogens with one attached hydrogen (secondary N) is 2. The third-order valence-corrected chi connectivity index (χ3v) is 5.37. The van der Waals surface area contributed by atoms with Gasteiger partial charge in [0.2, 0.25) is 0 Å². The van der Waals surface area contributed by atoms with E-state index < -0.39 is 0 Å². The third-order valence-electron chi connectivity index (χ3n) is 5.37. The van der Waals surface area contributed by atoms with Crippen LogP contribution in [0.3, 0.4) is 0 Å². The highest BCUT2D eigenvalue weighted by Crippen LogP contribution is 2.21. The molecule has 0 amide bonds. The summed E-state index contributed by atoms with van der Waals surface area (Å²) >= 11 is 0. The summed E-state index contributed by atoms with van der Waals surface area (Å²) in [6.07, 6.45) is 3.56. The Morgan fingerprint density at radius 2 is 2.00 bits per heavy atom. The number of likely N-dealkylation sites (tertiary alicyclic amines) is 1. The zero-order valence-corrected chi connectivity index (χ0v) is 20.1. The second-order valence-electron chi connectivity index (χ2n) is 7.17. The monoisotopic (exact) mass is 504 g/mol. The molecule has 0 saturated carbocycles. The van der Waals surface area contributed by atoms with Gasteiger partial charge < -0.3 is 20.1 Å². The molecule has 6 nitrogen and oxygen atoms in total. The van der Waals surface area contributed by atoms with Crippen LogP contribution in [0.25, 0.3) is 0 Å². The van der Waals surface area contributed by atoms with Crippen LogP contribution < -0.4 is 15.4 Å². The van der Waals surface area contributed by atoms with Crippen molar-refractivity contribution in [2.75, 3.05) is 54.1 Å². The van der Waals surface area contributed by atoms with Gasteiger partial charge in [0, 0.05) is 39.8 Å². The number of benzene rings is 1. The molecule has 160 valence electrons. The van der Waals surface area contributed by atoms with E-state index in [9.17, 15) is 0 Å². The van der Waals surface area contributed by atoms with Crippen molar-refractivity contribution in [2.24, 2.45) is 4.99 Å². The molecule has 28 heavy (non-hydrogen) atoms. The van der Waals surface area contributed by atoms with E-state index in [0.29, 0.717) is 12.0 Å². The van der Waals surface area contributed by atoms with Crippen molar-refractivity contribution in [1.82, 2.24) is 15.5 Å². The number of rotatable bonds is 10. The number of nitrogens with zero attached hydrogens (tertiary/aromatic N) is 2. The highest BCUT2D eigenvalue weighted by Gasteiger charge is 2.23. The Kier molecular flexibility index (Phi) is 12.5. The van der Waals surface area contributed by atoms with Gasteiger partial charge in [-0.05, 0) is 49.4 Å². The SMILES string of the molecule is CN=C(NCCC(C)c1ccc(OC)cc1)NCC1CCCN1CCOC.I. The molecule has 2 unspecified atom stereocenters. The summed E-state index contributed by atoms with van der Waals surface area (Å²) in [6, 6.07) is 8.90. The Bertz CT molecular complexity index is 568. The van der Waals surface area contributed by atoms with Crippen LogP contribution in [0.1, 0.15) is 37.7 Å². The largest absolute Gasteiger partial charge is 0.497 e. The molecule has 2 rings (SSSR count). The van der Waals surface area contributed by atoms with Gasteiger partial charge in [-0.3, -0.25) is 9.89 Å². The minimum atomic E-state index is 0. The standard InChI is InChI=1S/C21H36N4O2.HI/c1-17(18-7-9-20(27-4)10-8-18)11-12-23-21(22-2)24-16-19-6-5-13-25(19)14-15-26-3;/h7-10,17,19H,5-6,11-16H2,1-4H3,(H2,22,23,24);1H. The normalized spacial score (nSPS) is 18.4. The zero-order valence-electron chi connectivity index (χ0n) is 17.7. The molecule has 0 bridgehead atoms. The highest BCUT2D eigenvalue weighted by atomic mass is 127. The van der Waals surface area contributed by atoms with Crippen LogP contribution >= 0.6 is 24.0 Å². The second-order valence-corrected chi connectivity index (χ2v) is 7.17. The van der Waals surface area contributed by atoms with Crippen molar-refractivity contribution in [3.63, 3.8) is 0 Å². The Labute approximate surface area is 187 Å². The van der Waals surface area contributed by atoms with E-state index in [1.165, 1.54) is 24.9 Å². The van der Waals surface area contributed by atoms with Crippen LogP contribution in [-0.4, -0.2) is 71.0 Å². The lowest BCUT2D eigenvalue weighted by Gasteiger charge is -2.25. The van der Waals surface area contributed by atoms with Crippen molar-refractivity contribution < 1.29 is 9.47 Å². The number of hydrogen-bond acceptors (Lipinski definition) is 4. The Morgan fingerprint density at radius 1 is 1.25 bits per heavy atom. The first-order chi connectivity index (χ1) is 13.2. The van der Waals surface area contributed by atoms with Crippen molar-refractivity contribution in [1.29, 1.82) is 0 Å². The molecule has 0 spiro atoms. The van der Waals surface area contributed by atoms with Crippen molar-refractivity contribution in [3.8, 4) is 5.75 Å². The summed E-state index contributed by atoms with van der Waals surface area (Å²) < 4.78 is 10.4. The average molecular weight is 504 g/mol. The maximum absolute atomic E-state index is 5.23. The molecule has 1 fully saturated rings. The van der Waals surface area contributed by atoms with E-state index in [1.54, 1.807) is 14.2 Å². The molecular weight excluding hydrogens is 467 g/mol. The van der Waals surface area contributed by atoms with Gasteiger partial charge in [0.25, 0.3) is 0 Å².